The minimum atomic E-state index is -4.19. The van der Waals surface area contributed by atoms with Gasteiger partial charge in [0.2, 0.25) is 15.2 Å². The van der Waals surface area contributed by atoms with Gasteiger partial charge in [-0.3, -0.25) is 0 Å². The van der Waals surface area contributed by atoms with Gasteiger partial charge in [0.25, 0.3) is 0 Å². The molecule has 1 aliphatic rings. The predicted octanol–water partition coefficient (Wildman–Crippen LogP) is 4.68. The van der Waals surface area contributed by atoms with E-state index in [1.54, 1.807) is 22.9 Å². The summed E-state index contributed by atoms with van der Waals surface area (Å²) in [7, 11) is -4.19. The van der Waals surface area contributed by atoms with Gasteiger partial charge in [-0.05, 0) is 55.0 Å². The Balaban J connectivity index is 1.68. The highest BCUT2D eigenvalue weighted by atomic mass is 35.5. The monoisotopic (exact) mass is 546 g/mol. The van der Waals surface area contributed by atoms with Crippen LogP contribution in [0.15, 0.2) is 52.7 Å². The molecule has 12 heteroatoms. The molecular formula is C24H20ClFN4O4S2. The average molecular weight is 547 g/mol. The summed E-state index contributed by atoms with van der Waals surface area (Å²) < 4.78 is 39.6. The number of sulfonamides is 1. The Morgan fingerprint density at radius 1 is 1.25 bits per heavy atom. The van der Waals surface area contributed by atoms with Crippen molar-refractivity contribution in [1.29, 1.82) is 0 Å². The predicted molar refractivity (Wildman–Crippen MR) is 134 cm³/mol. The lowest BCUT2D eigenvalue weighted by Crippen LogP contribution is -2.14. The third-order valence-corrected chi connectivity index (χ3v) is 7.94. The van der Waals surface area contributed by atoms with E-state index < -0.39 is 26.7 Å². The van der Waals surface area contributed by atoms with Crippen LogP contribution in [0, 0.1) is 11.7 Å². The van der Waals surface area contributed by atoms with Crippen molar-refractivity contribution in [1.82, 2.24) is 14.8 Å². The third kappa shape index (κ3) is 5.05. The SMILES string of the molecule is NS(=O)(=O)c1ccc(Cc2c(-c3cccc(Cl)c3)nn(-c3nc(C(=O)O)cs3)c2CC2CC2)cc1F. The van der Waals surface area contributed by atoms with Crippen molar-refractivity contribution in [3.8, 4) is 16.4 Å². The number of rotatable bonds is 8. The highest BCUT2D eigenvalue weighted by molar-refractivity contribution is 7.89. The Hall–Kier alpha value is -3.12. The number of carbonyl (C=O) groups is 1. The molecule has 0 bridgehead atoms. The van der Waals surface area contributed by atoms with Crippen LogP contribution in [0.5, 0.6) is 0 Å². The molecule has 0 atom stereocenters. The first-order valence-corrected chi connectivity index (χ1v) is 13.8. The van der Waals surface area contributed by atoms with Crippen molar-refractivity contribution in [2.45, 2.75) is 30.6 Å². The Labute approximate surface area is 215 Å². The number of hydrogen-bond acceptors (Lipinski definition) is 6. The molecule has 36 heavy (non-hydrogen) atoms. The second-order valence-electron chi connectivity index (χ2n) is 8.65. The summed E-state index contributed by atoms with van der Waals surface area (Å²) >= 11 is 7.42. The molecule has 1 aliphatic carbocycles. The van der Waals surface area contributed by atoms with Gasteiger partial charge in [-0.25, -0.2) is 32.4 Å². The summed E-state index contributed by atoms with van der Waals surface area (Å²) in [5.74, 6) is -1.61. The summed E-state index contributed by atoms with van der Waals surface area (Å²) in [5, 5.41) is 21.7. The summed E-state index contributed by atoms with van der Waals surface area (Å²) in [5.41, 5.74) is 3.45. The molecule has 8 nitrogen and oxygen atoms in total. The highest BCUT2D eigenvalue weighted by Crippen LogP contribution is 2.38. The Morgan fingerprint density at radius 2 is 2.03 bits per heavy atom. The molecule has 3 N–H and O–H groups in total. The van der Waals surface area contributed by atoms with Crippen LogP contribution in [0.3, 0.4) is 0 Å². The van der Waals surface area contributed by atoms with Crippen molar-refractivity contribution < 1.29 is 22.7 Å². The molecular weight excluding hydrogens is 527 g/mol. The summed E-state index contributed by atoms with van der Waals surface area (Å²) in [6.07, 6.45) is 3.06. The number of carboxylic acid groups (broad SMARTS) is 1. The Morgan fingerprint density at radius 3 is 2.64 bits per heavy atom. The maximum absolute atomic E-state index is 14.6. The van der Waals surface area contributed by atoms with Gasteiger partial charge in [0.05, 0.1) is 11.4 Å². The van der Waals surface area contributed by atoms with E-state index in [4.69, 9.17) is 21.8 Å². The molecule has 4 aromatic rings. The minimum Gasteiger partial charge on any atom is -0.476 e. The number of nitrogens with zero attached hydrogens (tertiary/aromatic N) is 3. The zero-order valence-electron chi connectivity index (χ0n) is 18.7. The second kappa shape index (κ2) is 9.40. The molecule has 2 aromatic heterocycles. The van der Waals surface area contributed by atoms with E-state index in [2.05, 4.69) is 4.98 Å². The van der Waals surface area contributed by atoms with Gasteiger partial charge in [0.1, 0.15) is 10.7 Å². The first-order valence-electron chi connectivity index (χ1n) is 11.0. The van der Waals surface area contributed by atoms with Gasteiger partial charge in [-0.15, -0.1) is 11.3 Å². The van der Waals surface area contributed by atoms with Crippen LogP contribution in [0.1, 0.15) is 40.2 Å². The number of aromatic carboxylic acids is 1. The number of halogens is 2. The largest absolute Gasteiger partial charge is 0.476 e. The van der Waals surface area contributed by atoms with Gasteiger partial charge in [-0.1, -0.05) is 29.8 Å². The van der Waals surface area contributed by atoms with Gasteiger partial charge in [0.15, 0.2) is 5.69 Å². The third-order valence-electron chi connectivity index (χ3n) is 5.94. The maximum Gasteiger partial charge on any atom is 0.355 e. The number of hydrogen-bond donors (Lipinski definition) is 2. The van der Waals surface area contributed by atoms with E-state index in [-0.39, 0.29) is 12.1 Å². The zero-order chi connectivity index (χ0) is 25.6. The fourth-order valence-electron chi connectivity index (χ4n) is 4.05. The second-order valence-corrected chi connectivity index (χ2v) is 11.5. The molecule has 0 aliphatic heterocycles. The van der Waals surface area contributed by atoms with E-state index in [1.165, 1.54) is 22.8 Å². The van der Waals surface area contributed by atoms with Crippen LogP contribution >= 0.6 is 22.9 Å². The van der Waals surface area contributed by atoms with Gasteiger partial charge in [0, 0.05) is 28.0 Å². The summed E-state index contributed by atoms with van der Waals surface area (Å²) in [6, 6.07) is 11.0. The van der Waals surface area contributed by atoms with E-state index in [9.17, 15) is 22.7 Å². The fourth-order valence-corrected chi connectivity index (χ4v) is 5.60. The average Bonchev–Trinajstić information content (AvgIpc) is 3.36. The van der Waals surface area contributed by atoms with Crippen LogP contribution in [-0.4, -0.2) is 34.3 Å². The summed E-state index contributed by atoms with van der Waals surface area (Å²) in [6.45, 7) is 0. The lowest BCUT2D eigenvalue weighted by molar-refractivity contribution is 0.0691. The maximum atomic E-state index is 14.6. The van der Waals surface area contributed by atoms with Gasteiger partial charge in [-0.2, -0.15) is 5.10 Å². The number of nitrogens with two attached hydrogens (primary N) is 1. The van der Waals surface area contributed by atoms with Crippen LogP contribution < -0.4 is 5.14 Å². The lowest BCUT2D eigenvalue weighted by Gasteiger charge is -2.10. The molecule has 2 heterocycles. The van der Waals surface area contributed by atoms with Crippen molar-refractivity contribution >= 4 is 38.9 Å². The van der Waals surface area contributed by atoms with Crippen LogP contribution in [-0.2, 0) is 22.9 Å². The van der Waals surface area contributed by atoms with Crippen LogP contribution in [0.4, 0.5) is 4.39 Å². The summed E-state index contributed by atoms with van der Waals surface area (Å²) in [4.78, 5) is 15.1. The van der Waals surface area contributed by atoms with E-state index >= 15 is 0 Å². The topological polar surface area (TPSA) is 128 Å². The molecule has 0 radical (unpaired) electrons. The molecule has 186 valence electrons. The normalized spacial score (nSPS) is 13.8. The first-order chi connectivity index (χ1) is 17.1. The smallest absolute Gasteiger partial charge is 0.355 e. The number of carboxylic acids is 1. The van der Waals surface area contributed by atoms with Crippen LogP contribution in [0.2, 0.25) is 5.02 Å². The molecule has 0 unspecified atom stereocenters. The molecule has 1 fully saturated rings. The number of thiazole rings is 1. The van der Waals surface area contributed by atoms with E-state index in [0.717, 1.165) is 41.8 Å². The fraction of sp³-hybridized carbons (Fsp3) is 0.208. The first kappa shape index (κ1) is 24.6. The Kier molecular flexibility index (Phi) is 6.41. The van der Waals surface area contributed by atoms with E-state index in [0.29, 0.717) is 33.8 Å². The van der Waals surface area contributed by atoms with E-state index in [1.807, 2.05) is 6.07 Å². The van der Waals surface area contributed by atoms with Gasteiger partial charge >= 0.3 is 5.97 Å². The number of benzene rings is 2. The molecule has 0 saturated heterocycles. The van der Waals surface area contributed by atoms with Crippen LogP contribution in [0.25, 0.3) is 16.4 Å². The molecule has 0 amide bonds. The lowest BCUT2D eigenvalue weighted by atomic mass is 9.97. The standard InChI is InChI=1S/C24H20ClFN4O4S2/c25-16-3-1-2-15(11-16)22-17(8-14-6-7-21(18(26)9-14)36(27,33)34)20(10-13-4-5-13)30(29-22)24-28-19(12-35-24)23(31)32/h1-3,6-7,9,11-13H,4-5,8,10H2,(H,31,32)(H2,27,33,34). The highest BCUT2D eigenvalue weighted by Gasteiger charge is 2.29. The molecule has 2 aromatic carbocycles. The van der Waals surface area contributed by atoms with Crippen molar-refractivity contribution in [3.05, 3.63) is 81.2 Å². The van der Waals surface area contributed by atoms with Gasteiger partial charge < -0.3 is 5.11 Å². The molecule has 0 spiro atoms. The molecule has 5 rings (SSSR count). The molecule has 1 saturated carbocycles. The minimum absolute atomic E-state index is 0.0746. The Bertz CT molecular complexity index is 1600. The van der Waals surface area contributed by atoms with Crippen molar-refractivity contribution in [2.75, 3.05) is 0 Å². The number of primary sulfonamides is 1. The van der Waals surface area contributed by atoms with Crippen molar-refractivity contribution in [2.24, 2.45) is 11.1 Å². The number of aromatic nitrogens is 3. The van der Waals surface area contributed by atoms with Crippen molar-refractivity contribution in [3.63, 3.8) is 0 Å². The quantitative estimate of drug-likeness (QED) is 0.330. The zero-order valence-corrected chi connectivity index (χ0v) is 21.1.